The molecule has 0 aliphatic rings. The topological polar surface area (TPSA) is 86.4 Å². The van der Waals surface area contributed by atoms with E-state index in [1.54, 1.807) is 12.1 Å². The van der Waals surface area contributed by atoms with Crippen molar-refractivity contribution in [3.8, 4) is 22.3 Å². The quantitative estimate of drug-likeness (QED) is 0.0273. The Morgan fingerprint density at radius 3 is 1.55 bits per heavy atom. The summed E-state index contributed by atoms with van der Waals surface area (Å²) in [6, 6.07) is 31.0. The second-order valence-corrected chi connectivity index (χ2v) is 13.7. The van der Waals surface area contributed by atoms with Crippen molar-refractivity contribution in [2.24, 2.45) is 0 Å². The molecule has 0 spiro atoms. The Kier molecular flexibility index (Phi) is 24.9. The fourth-order valence-electron chi connectivity index (χ4n) is 4.39. The van der Waals surface area contributed by atoms with Crippen LogP contribution in [-0.2, 0) is 17.7 Å². The van der Waals surface area contributed by atoms with Gasteiger partial charge in [-0.15, -0.1) is 23.2 Å². The number of unbranched alkanes of at least 4 members (excludes halogenated alkanes) is 2. The highest BCUT2D eigenvalue weighted by Gasteiger charge is 2.05. The molecule has 2 aromatic heterocycles. The van der Waals surface area contributed by atoms with E-state index < -0.39 is 10.3 Å². The molecule has 0 saturated heterocycles. The number of halogens is 6. The summed E-state index contributed by atoms with van der Waals surface area (Å²) >= 11 is 31.3. The normalized spacial score (nSPS) is 9.88. The Bertz CT molecular complexity index is 1630. The molecule has 5 aromatic rings. The summed E-state index contributed by atoms with van der Waals surface area (Å²) in [5, 5.41) is 19.4. The number of rotatable bonds is 11. The Labute approximate surface area is 332 Å². The van der Waals surface area contributed by atoms with E-state index in [0.29, 0.717) is 5.02 Å². The van der Waals surface area contributed by atoms with E-state index in [9.17, 15) is 10.0 Å². The second-order valence-electron chi connectivity index (χ2n) is 10.5. The predicted octanol–water partition coefficient (Wildman–Crippen LogP) is 11.4. The average Bonchev–Trinajstić information content (AvgIpc) is 3.13. The molecule has 5 rings (SSSR count). The molecular formula is C38H38BCl6N2O4. The molecule has 2 heterocycles. The van der Waals surface area contributed by atoms with Gasteiger partial charge in [-0.2, -0.15) is 9.99 Å². The second kappa shape index (κ2) is 27.6. The maximum atomic E-state index is 11.0. The lowest BCUT2D eigenvalue weighted by atomic mass is 10.0. The number of hydrogen-bond donors (Lipinski definition) is 1. The molecule has 3 aromatic carbocycles. The van der Waals surface area contributed by atoms with Crippen LogP contribution >= 0.6 is 69.6 Å². The molecule has 0 amide bonds. The maximum Gasteiger partial charge on any atom is 0.372 e. The fraction of sp³-hybridized carbons (Fsp3) is 0.237. The van der Waals surface area contributed by atoms with Gasteiger partial charge in [-0.3, -0.25) is 9.87 Å². The van der Waals surface area contributed by atoms with Gasteiger partial charge in [0.15, 0.2) is 16.7 Å². The van der Waals surface area contributed by atoms with Crippen LogP contribution in [0.3, 0.4) is 0 Å². The van der Waals surface area contributed by atoms with Crippen LogP contribution in [0.25, 0.3) is 22.3 Å². The van der Waals surface area contributed by atoms with Crippen molar-refractivity contribution in [1.82, 2.24) is 4.98 Å². The Hall–Kier alpha value is -3.01. The highest BCUT2D eigenvalue weighted by molar-refractivity contribution is 6.63. The number of benzene rings is 3. The molecule has 3 radical (unpaired) electrons. The number of alkyl halides is 5. The summed E-state index contributed by atoms with van der Waals surface area (Å²) in [5.41, 5.74) is 7.60. The van der Waals surface area contributed by atoms with Crippen molar-refractivity contribution in [2.45, 2.75) is 42.8 Å². The van der Waals surface area contributed by atoms with Crippen LogP contribution in [0.5, 0.6) is 0 Å². The SMILES string of the molecule is ClC(Cl)Cl.ClCCCCc1ccc(-c2ccncc2)cc1.O=C(OO)c1cccc(Cl)c1.[B].[O-][n+]1ccc(-c2ccc(CCCCCl)cc2)cc1. The summed E-state index contributed by atoms with van der Waals surface area (Å²) in [6.45, 7) is 0. The fourth-order valence-corrected chi connectivity index (χ4v) is 4.96. The molecule has 51 heavy (non-hydrogen) atoms. The molecule has 0 saturated carbocycles. The van der Waals surface area contributed by atoms with Crippen LogP contribution in [0.2, 0.25) is 5.02 Å². The summed E-state index contributed by atoms with van der Waals surface area (Å²) in [4.78, 5) is 18.2. The molecule has 0 atom stereocenters. The van der Waals surface area contributed by atoms with E-state index in [4.69, 9.17) is 74.9 Å². The highest BCUT2D eigenvalue weighted by Crippen LogP contribution is 2.20. The van der Waals surface area contributed by atoms with Gasteiger partial charge < -0.3 is 5.21 Å². The molecule has 0 bridgehead atoms. The van der Waals surface area contributed by atoms with Crippen LogP contribution in [0, 0.1) is 5.21 Å². The van der Waals surface area contributed by atoms with Crippen LogP contribution in [0.15, 0.2) is 122 Å². The highest BCUT2D eigenvalue weighted by atomic mass is 35.6. The number of aryl methyl sites for hydroxylation is 2. The summed E-state index contributed by atoms with van der Waals surface area (Å²) in [5.74, 6) is 0.680. The zero-order valence-corrected chi connectivity index (χ0v) is 32.2. The van der Waals surface area contributed by atoms with Crippen molar-refractivity contribution in [2.75, 3.05) is 11.8 Å². The number of hydrogen-bond acceptors (Lipinski definition) is 5. The lowest BCUT2D eigenvalue weighted by Crippen LogP contribution is -2.23. The van der Waals surface area contributed by atoms with Crippen LogP contribution < -0.4 is 4.73 Å². The molecule has 13 heteroatoms. The molecule has 0 unspecified atom stereocenters. The molecule has 269 valence electrons. The van der Waals surface area contributed by atoms with E-state index in [1.165, 1.54) is 46.8 Å². The zero-order chi connectivity index (χ0) is 36.6. The van der Waals surface area contributed by atoms with Gasteiger partial charge in [0.2, 0.25) is 0 Å². The standard InChI is InChI=1S/C15H16ClNO.C15H16ClN.C7H5ClO3.CHCl3.B/c16-10-2-1-3-13-4-6-14(7-5-13)15-8-11-17(18)12-9-15;16-10-2-1-3-13-4-6-14(7-5-13)15-8-11-17-12-9-15;8-6-3-1-2-5(4-6)7(9)11-10;2-1(3)4;/h4-9,11-12H,1-3,10H2;4-9,11-12H,1-3,10H2;1-4,10H;1H;. The van der Waals surface area contributed by atoms with E-state index >= 15 is 0 Å². The Morgan fingerprint density at radius 1 is 0.706 bits per heavy atom. The van der Waals surface area contributed by atoms with E-state index in [0.717, 1.165) is 66.1 Å². The summed E-state index contributed by atoms with van der Waals surface area (Å²) in [7, 11) is 0. The third kappa shape index (κ3) is 20.0. The van der Waals surface area contributed by atoms with Crippen molar-refractivity contribution in [3.63, 3.8) is 0 Å². The van der Waals surface area contributed by atoms with Gasteiger partial charge in [-0.25, -0.2) is 4.79 Å². The molecule has 6 nitrogen and oxygen atoms in total. The summed E-state index contributed by atoms with van der Waals surface area (Å²) < 4.78 is 0.0457. The van der Waals surface area contributed by atoms with Crippen LogP contribution in [-0.4, -0.2) is 40.7 Å². The Morgan fingerprint density at radius 2 is 1.14 bits per heavy atom. The van der Waals surface area contributed by atoms with Gasteiger partial charge in [-0.05, 0) is 102 Å². The van der Waals surface area contributed by atoms with Gasteiger partial charge in [-0.1, -0.05) is 101 Å². The van der Waals surface area contributed by atoms with Crippen LogP contribution in [0.4, 0.5) is 0 Å². The van der Waals surface area contributed by atoms with Crippen molar-refractivity contribution in [3.05, 3.63) is 149 Å². The van der Waals surface area contributed by atoms with E-state index in [-0.39, 0.29) is 14.0 Å². The number of aromatic nitrogens is 2. The van der Waals surface area contributed by atoms with Gasteiger partial charge in [0.1, 0.15) is 0 Å². The minimum atomic E-state index is -0.813. The number of nitrogens with zero attached hydrogens (tertiary/aromatic N) is 2. The molecular weight excluding hydrogens is 772 g/mol. The van der Waals surface area contributed by atoms with Crippen LogP contribution in [0.1, 0.15) is 47.2 Å². The third-order valence-electron chi connectivity index (χ3n) is 6.90. The number of pyridine rings is 2. The monoisotopic (exact) mass is 807 g/mol. The van der Waals surface area contributed by atoms with Crippen molar-refractivity contribution >= 4 is 84.0 Å². The average molecular weight is 810 g/mol. The van der Waals surface area contributed by atoms with Gasteiger partial charge in [0.25, 0.3) is 0 Å². The minimum absolute atomic E-state index is 0. The molecule has 0 aliphatic carbocycles. The lowest BCUT2D eigenvalue weighted by Gasteiger charge is -2.04. The first-order valence-corrected chi connectivity index (χ1v) is 18.3. The summed E-state index contributed by atoms with van der Waals surface area (Å²) in [6.07, 6.45) is 13.3. The Balaban J connectivity index is 0.000000368. The first kappa shape index (κ1) is 46.0. The zero-order valence-electron chi connectivity index (χ0n) is 27.7. The minimum Gasteiger partial charge on any atom is -0.619 e. The molecule has 0 fully saturated rings. The lowest BCUT2D eigenvalue weighted by molar-refractivity contribution is -0.605. The third-order valence-corrected chi connectivity index (χ3v) is 7.67. The van der Waals surface area contributed by atoms with Gasteiger partial charge in [0.05, 0.1) is 5.56 Å². The smallest absolute Gasteiger partial charge is 0.372 e. The first-order chi connectivity index (χ1) is 24.2. The molecule has 1 N–H and O–H groups in total. The van der Waals surface area contributed by atoms with E-state index in [1.807, 2.05) is 36.7 Å². The number of carbonyl (C=O) groups excluding carboxylic acids is 1. The van der Waals surface area contributed by atoms with Gasteiger partial charge >= 0.3 is 5.97 Å². The van der Waals surface area contributed by atoms with Gasteiger partial charge in [0, 0.05) is 49.7 Å². The largest absolute Gasteiger partial charge is 0.619 e. The number of carbonyl (C=O) groups is 1. The molecule has 0 aliphatic heterocycles. The first-order valence-electron chi connectivity index (χ1n) is 15.6. The van der Waals surface area contributed by atoms with Crippen molar-refractivity contribution in [1.29, 1.82) is 0 Å². The van der Waals surface area contributed by atoms with E-state index in [2.05, 4.69) is 58.4 Å². The predicted molar refractivity (Wildman–Crippen MR) is 214 cm³/mol. The van der Waals surface area contributed by atoms with Crippen molar-refractivity contribution < 1.29 is 19.7 Å². The maximum absolute atomic E-state index is 11.0.